The number of anilines is 1. The van der Waals surface area contributed by atoms with Gasteiger partial charge in [0.15, 0.2) is 0 Å². The number of nitro groups is 1. The molecule has 3 aliphatic rings. The topological polar surface area (TPSA) is 101 Å². The Morgan fingerprint density at radius 1 is 1.02 bits per heavy atom. The number of alkyl halides is 6. The molecule has 244 valence electrons. The van der Waals surface area contributed by atoms with Crippen LogP contribution in [-0.2, 0) is 22.3 Å². The summed E-state index contributed by atoms with van der Waals surface area (Å²) in [4.78, 5) is 31.0. The molecule has 45 heavy (non-hydrogen) atoms. The predicted octanol–water partition coefficient (Wildman–Crippen LogP) is 6.16. The molecule has 1 unspecified atom stereocenters. The highest BCUT2D eigenvalue weighted by atomic mass is 19.4. The van der Waals surface area contributed by atoms with Gasteiger partial charge in [-0.3, -0.25) is 24.8 Å². The average molecular weight is 642 g/mol. The van der Waals surface area contributed by atoms with Crippen LogP contribution in [-0.4, -0.2) is 76.7 Å². The van der Waals surface area contributed by atoms with Crippen LogP contribution in [0.15, 0.2) is 36.4 Å². The van der Waals surface area contributed by atoms with Gasteiger partial charge in [-0.25, -0.2) is 0 Å². The van der Waals surface area contributed by atoms with Crippen LogP contribution in [0.5, 0.6) is 0 Å². The molecule has 2 fully saturated rings. The van der Waals surface area contributed by atoms with E-state index in [-0.39, 0.29) is 42.3 Å². The van der Waals surface area contributed by atoms with Crippen LogP contribution in [0.4, 0.5) is 37.7 Å². The quantitative estimate of drug-likeness (QED) is 0.210. The molecule has 9 nitrogen and oxygen atoms in total. The van der Waals surface area contributed by atoms with E-state index in [2.05, 4.69) is 15.2 Å². The average Bonchev–Trinajstić information content (AvgIpc) is 2.99. The largest absolute Gasteiger partial charge is 0.423 e. The maximum absolute atomic E-state index is 13.4. The number of hydrogen-bond acceptors (Lipinski definition) is 7. The maximum Gasteiger partial charge on any atom is 0.423 e. The van der Waals surface area contributed by atoms with E-state index in [1.807, 2.05) is 0 Å². The van der Waals surface area contributed by atoms with Gasteiger partial charge < -0.3 is 15.0 Å². The van der Waals surface area contributed by atoms with E-state index in [1.165, 1.54) is 18.2 Å². The molecule has 1 amide bonds. The smallest absolute Gasteiger partial charge is 0.382 e. The first-order valence-electron chi connectivity index (χ1n) is 14.7. The Kier molecular flexibility index (Phi) is 9.68. The van der Waals surface area contributed by atoms with Crippen LogP contribution in [0.3, 0.4) is 0 Å². The maximum atomic E-state index is 13.4. The van der Waals surface area contributed by atoms with Gasteiger partial charge in [0, 0.05) is 50.5 Å². The van der Waals surface area contributed by atoms with Crippen molar-refractivity contribution in [1.29, 1.82) is 0 Å². The fraction of sp³-hybridized carbons (Fsp3) is 0.533. The van der Waals surface area contributed by atoms with Crippen LogP contribution in [0, 0.1) is 10.1 Å². The summed E-state index contributed by atoms with van der Waals surface area (Å²) in [5, 5.41) is 14.0. The number of nitro benzene ring substituents is 1. The number of amides is 1. The number of nitrogens with one attached hydrogen (secondary N) is 1. The lowest BCUT2D eigenvalue weighted by Gasteiger charge is -2.35. The molecule has 1 aromatic heterocycles. The number of ether oxygens (including phenoxy) is 1. The van der Waals surface area contributed by atoms with Gasteiger partial charge in [0.1, 0.15) is 12.2 Å². The first-order chi connectivity index (χ1) is 21.3. The standard InChI is InChI=1S/C30H33F6N5O4/c31-29(32,33)24-2-1-3-26-23(24)10-6-21(38-26)17-39-12-14-40(15-13-39)28(42)18-45-22-8-4-19(5-9-22)37-20-7-11-27(41(43)44)25(16-20)30(34,35)36/h1,3,6-7,10-11,16,19,22,24,37H,2,4-5,8-9,12-15,17-18H2. The van der Waals surface area contributed by atoms with Crippen molar-refractivity contribution in [2.45, 2.75) is 69.1 Å². The molecule has 1 saturated heterocycles. The molecule has 2 heterocycles. The van der Waals surface area contributed by atoms with Crippen molar-refractivity contribution < 1.29 is 40.8 Å². The summed E-state index contributed by atoms with van der Waals surface area (Å²) >= 11 is 0. The highest BCUT2D eigenvalue weighted by molar-refractivity contribution is 5.77. The minimum atomic E-state index is -4.85. The summed E-state index contributed by atoms with van der Waals surface area (Å²) in [7, 11) is 0. The number of halogens is 6. The molecular weight excluding hydrogens is 608 g/mol. The molecule has 1 N–H and O–H groups in total. The van der Waals surface area contributed by atoms with Gasteiger partial charge in [-0.1, -0.05) is 12.1 Å². The van der Waals surface area contributed by atoms with Gasteiger partial charge in [0.25, 0.3) is 5.69 Å². The number of hydrogen-bond donors (Lipinski definition) is 1. The van der Waals surface area contributed by atoms with E-state index in [9.17, 15) is 41.3 Å². The lowest BCUT2D eigenvalue weighted by molar-refractivity contribution is -0.388. The minimum absolute atomic E-state index is 0.0842. The van der Waals surface area contributed by atoms with Crippen molar-refractivity contribution in [1.82, 2.24) is 14.8 Å². The zero-order chi connectivity index (χ0) is 32.4. The molecule has 5 rings (SSSR count). The van der Waals surface area contributed by atoms with Gasteiger partial charge in [0.2, 0.25) is 5.91 Å². The van der Waals surface area contributed by atoms with Gasteiger partial charge in [-0.05, 0) is 61.9 Å². The summed E-state index contributed by atoms with van der Waals surface area (Å²) in [6, 6.07) is 5.89. The molecule has 1 aliphatic heterocycles. The Morgan fingerprint density at radius 3 is 2.38 bits per heavy atom. The first kappa shape index (κ1) is 32.7. The van der Waals surface area contributed by atoms with Crippen molar-refractivity contribution in [2.24, 2.45) is 0 Å². The zero-order valence-corrected chi connectivity index (χ0v) is 24.2. The lowest BCUT2D eigenvalue weighted by Crippen LogP contribution is -2.49. The second-order valence-corrected chi connectivity index (χ2v) is 11.6. The Bertz CT molecular complexity index is 1420. The Labute approximate surface area is 255 Å². The van der Waals surface area contributed by atoms with Crippen LogP contribution in [0.2, 0.25) is 0 Å². The lowest BCUT2D eigenvalue weighted by atomic mass is 9.89. The minimum Gasteiger partial charge on any atom is -0.382 e. The summed E-state index contributed by atoms with van der Waals surface area (Å²) in [5.74, 6) is -1.68. The number of aromatic nitrogens is 1. The number of allylic oxidation sites excluding steroid dienone is 1. The highest BCUT2D eigenvalue weighted by Crippen LogP contribution is 2.41. The third kappa shape index (κ3) is 8.12. The van der Waals surface area contributed by atoms with Crippen molar-refractivity contribution in [3.05, 3.63) is 69.0 Å². The van der Waals surface area contributed by atoms with Crippen LogP contribution in [0.25, 0.3) is 6.08 Å². The van der Waals surface area contributed by atoms with E-state index >= 15 is 0 Å². The van der Waals surface area contributed by atoms with E-state index in [0.717, 1.165) is 12.1 Å². The summed E-state index contributed by atoms with van der Waals surface area (Å²) in [5.41, 5.74) is -0.934. The van der Waals surface area contributed by atoms with Gasteiger partial charge in [0.05, 0.1) is 28.3 Å². The van der Waals surface area contributed by atoms with Gasteiger partial charge >= 0.3 is 12.4 Å². The van der Waals surface area contributed by atoms with Crippen LogP contribution in [0.1, 0.15) is 60.5 Å². The highest BCUT2D eigenvalue weighted by Gasteiger charge is 2.42. The zero-order valence-electron chi connectivity index (χ0n) is 24.2. The molecule has 1 atom stereocenters. The fourth-order valence-electron chi connectivity index (χ4n) is 6.08. The molecule has 1 saturated carbocycles. The molecule has 0 radical (unpaired) electrons. The third-order valence-corrected chi connectivity index (χ3v) is 8.53. The molecule has 2 aliphatic carbocycles. The van der Waals surface area contributed by atoms with Crippen LogP contribution >= 0.6 is 0 Å². The van der Waals surface area contributed by atoms with Crippen molar-refractivity contribution in [3.63, 3.8) is 0 Å². The number of carbonyl (C=O) groups is 1. The van der Waals surface area contributed by atoms with E-state index in [0.29, 0.717) is 69.8 Å². The number of benzene rings is 1. The van der Waals surface area contributed by atoms with E-state index in [1.54, 1.807) is 17.0 Å². The van der Waals surface area contributed by atoms with Crippen molar-refractivity contribution in [2.75, 3.05) is 38.1 Å². The first-order valence-corrected chi connectivity index (χ1v) is 14.7. The Hall–Kier alpha value is -3.72. The normalized spacial score (nSPS) is 22.6. The van der Waals surface area contributed by atoms with Crippen molar-refractivity contribution in [3.8, 4) is 0 Å². The molecular formula is C30H33F6N5O4. The molecule has 0 bridgehead atoms. The predicted molar refractivity (Wildman–Crippen MR) is 152 cm³/mol. The molecule has 0 spiro atoms. The molecule has 2 aromatic rings. The van der Waals surface area contributed by atoms with Gasteiger partial charge in [-0.15, -0.1) is 0 Å². The fourth-order valence-corrected chi connectivity index (χ4v) is 6.08. The Balaban J connectivity index is 1.03. The number of pyridine rings is 1. The molecule has 15 heteroatoms. The van der Waals surface area contributed by atoms with E-state index < -0.39 is 34.4 Å². The monoisotopic (exact) mass is 641 g/mol. The van der Waals surface area contributed by atoms with Gasteiger partial charge in [-0.2, -0.15) is 26.3 Å². The number of carbonyl (C=O) groups excluding carboxylic acids is 1. The van der Waals surface area contributed by atoms with E-state index in [4.69, 9.17) is 4.74 Å². The summed E-state index contributed by atoms with van der Waals surface area (Å²) in [6.45, 7) is 2.51. The summed E-state index contributed by atoms with van der Waals surface area (Å²) < 4.78 is 85.8. The number of rotatable bonds is 8. The number of piperazine rings is 1. The number of fused-ring (bicyclic) bond motifs is 1. The second-order valence-electron chi connectivity index (χ2n) is 11.6. The summed E-state index contributed by atoms with van der Waals surface area (Å²) in [6.07, 6.45) is -3.90. The SMILES string of the molecule is O=C(COC1CCC(Nc2ccc([N+](=O)[O-])c(C(F)(F)F)c2)CC1)N1CCN(Cc2ccc3c(n2)C=CCC3C(F)(F)F)CC1. The van der Waals surface area contributed by atoms with Crippen molar-refractivity contribution >= 4 is 23.4 Å². The number of nitrogens with zero attached hydrogens (tertiary/aromatic N) is 4. The van der Waals surface area contributed by atoms with Crippen LogP contribution < -0.4 is 5.32 Å². The third-order valence-electron chi connectivity index (χ3n) is 8.53. The molecule has 1 aromatic carbocycles. The Morgan fingerprint density at radius 2 is 1.73 bits per heavy atom. The second kappa shape index (κ2) is 13.3.